The standard InChI is InChI=1S/C58H99N5O20/c1-45(64)59-31-19-7-13-25-51(70)78-39-57(40-79-52(71)26-14-8-20-32-60-46(2)65,41-80-53(72)27-15-9-21-33-61-47(3)66)37-76-38-58(42-81-54(73)28-16-10-22-34-62-48(4)67,43-82-55(74)29-17-11-23-35-63-49(5)68)44-83-56(75)30-18-12-24-36-77-50(6)69/h7-44H2,1-6H3,(H,59,64)(H,60,65)(H,61,66)(H,62,67)(H,63,68). The summed E-state index contributed by atoms with van der Waals surface area (Å²) >= 11 is 0. The first-order valence-corrected chi connectivity index (χ1v) is 29.4. The Bertz CT molecular complexity index is 1610. The highest BCUT2D eigenvalue weighted by Crippen LogP contribution is 2.27. The number of amides is 5. The van der Waals surface area contributed by atoms with Gasteiger partial charge in [-0.2, -0.15) is 0 Å². The van der Waals surface area contributed by atoms with Gasteiger partial charge in [0.2, 0.25) is 29.5 Å². The minimum Gasteiger partial charge on any atom is -0.466 e. The van der Waals surface area contributed by atoms with Crippen LogP contribution in [0.15, 0.2) is 0 Å². The molecule has 0 aliphatic rings. The van der Waals surface area contributed by atoms with Crippen molar-refractivity contribution in [1.29, 1.82) is 0 Å². The summed E-state index contributed by atoms with van der Waals surface area (Å²) in [5, 5.41) is 13.5. The van der Waals surface area contributed by atoms with Gasteiger partial charge in [-0.25, -0.2) is 0 Å². The van der Waals surface area contributed by atoms with Crippen LogP contribution in [-0.2, 0) is 95.4 Å². The molecular formula is C58H99N5O20. The number of hydrogen-bond acceptors (Lipinski definition) is 20. The normalized spacial score (nSPS) is 11.1. The largest absolute Gasteiger partial charge is 0.466 e. The van der Waals surface area contributed by atoms with Gasteiger partial charge in [0, 0.05) is 113 Å². The molecule has 0 fully saturated rings. The van der Waals surface area contributed by atoms with Gasteiger partial charge in [0.15, 0.2) is 0 Å². The van der Waals surface area contributed by atoms with Gasteiger partial charge in [-0.05, 0) is 83.5 Å². The molecule has 0 aromatic heterocycles. The van der Waals surface area contributed by atoms with Crippen LogP contribution in [0.4, 0.5) is 0 Å². The van der Waals surface area contributed by atoms with Crippen molar-refractivity contribution in [3.05, 3.63) is 0 Å². The number of carbonyl (C=O) groups is 12. The molecule has 476 valence electrons. The lowest BCUT2D eigenvalue weighted by molar-refractivity contribution is -0.175. The zero-order chi connectivity index (χ0) is 62.0. The third-order valence-electron chi connectivity index (χ3n) is 12.5. The maximum absolute atomic E-state index is 13.4. The van der Waals surface area contributed by atoms with Gasteiger partial charge in [0.1, 0.15) is 39.6 Å². The molecule has 0 saturated heterocycles. The second-order valence-corrected chi connectivity index (χ2v) is 21.1. The Morgan fingerprint density at radius 3 is 0.651 bits per heavy atom. The number of rotatable bonds is 52. The van der Waals surface area contributed by atoms with Crippen LogP contribution >= 0.6 is 0 Å². The van der Waals surface area contributed by atoms with Crippen molar-refractivity contribution >= 4 is 71.3 Å². The Labute approximate surface area is 490 Å². The van der Waals surface area contributed by atoms with Crippen LogP contribution in [0, 0.1) is 10.8 Å². The zero-order valence-electron chi connectivity index (χ0n) is 50.5. The maximum Gasteiger partial charge on any atom is 0.305 e. The summed E-state index contributed by atoms with van der Waals surface area (Å²) in [6.07, 6.45) is 9.29. The lowest BCUT2D eigenvalue weighted by Gasteiger charge is -2.35. The van der Waals surface area contributed by atoms with E-state index in [1.54, 1.807) is 0 Å². The number of hydrogen-bond donors (Lipinski definition) is 5. The number of unbranched alkanes of at least 4 members (excludes halogenated alkanes) is 12. The van der Waals surface area contributed by atoms with E-state index < -0.39 is 105 Å². The predicted octanol–water partition coefficient (Wildman–Crippen LogP) is 4.84. The van der Waals surface area contributed by atoms with Crippen LogP contribution < -0.4 is 26.6 Å². The lowest BCUT2D eigenvalue weighted by atomic mass is 9.90. The van der Waals surface area contributed by atoms with E-state index in [1.807, 2.05) is 0 Å². The van der Waals surface area contributed by atoms with Crippen LogP contribution in [0.2, 0.25) is 0 Å². The van der Waals surface area contributed by atoms with E-state index in [1.165, 1.54) is 41.5 Å². The third-order valence-corrected chi connectivity index (χ3v) is 12.5. The first-order chi connectivity index (χ1) is 39.6. The van der Waals surface area contributed by atoms with E-state index >= 15 is 0 Å². The summed E-state index contributed by atoms with van der Waals surface area (Å²) in [7, 11) is 0. The van der Waals surface area contributed by atoms with Crippen molar-refractivity contribution in [2.24, 2.45) is 10.8 Å². The van der Waals surface area contributed by atoms with Gasteiger partial charge in [-0.1, -0.05) is 32.1 Å². The lowest BCUT2D eigenvalue weighted by Crippen LogP contribution is -2.47. The van der Waals surface area contributed by atoms with E-state index in [9.17, 15) is 57.5 Å². The quantitative estimate of drug-likeness (QED) is 0.0309. The molecule has 0 spiro atoms. The van der Waals surface area contributed by atoms with Crippen molar-refractivity contribution in [3.8, 4) is 0 Å². The summed E-state index contributed by atoms with van der Waals surface area (Å²) in [6.45, 7) is 6.76. The fourth-order valence-electron chi connectivity index (χ4n) is 7.76. The molecule has 25 heteroatoms. The summed E-state index contributed by atoms with van der Waals surface area (Å²) in [6, 6.07) is 0. The van der Waals surface area contributed by atoms with Gasteiger partial charge < -0.3 is 64.5 Å². The molecule has 0 rings (SSSR count). The van der Waals surface area contributed by atoms with Crippen LogP contribution in [0.1, 0.15) is 196 Å². The highest BCUT2D eigenvalue weighted by atomic mass is 16.6. The Morgan fingerprint density at radius 1 is 0.253 bits per heavy atom. The Morgan fingerprint density at radius 2 is 0.458 bits per heavy atom. The summed E-state index contributed by atoms with van der Waals surface area (Å²) < 4.78 is 46.4. The van der Waals surface area contributed by atoms with E-state index in [-0.39, 0.29) is 74.7 Å². The summed E-state index contributed by atoms with van der Waals surface area (Å²) in [5.74, 6) is -5.10. The summed E-state index contributed by atoms with van der Waals surface area (Å²) in [5.41, 5.74) is -3.17. The van der Waals surface area contributed by atoms with Crippen LogP contribution in [0.3, 0.4) is 0 Å². The monoisotopic (exact) mass is 1190 g/mol. The molecule has 5 amide bonds. The molecule has 0 aromatic rings. The molecule has 5 N–H and O–H groups in total. The summed E-state index contributed by atoms with van der Waals surface area (Å²) in [4.78, 5) is 148. The molecule has 0 unspecified atom stereocenters. The Hall–Kier alpha value is -6.40. The van der Waals surface area contributed by atoms with Gasteiger partial charge in [0.05, 0.1) is 30.7 Å². The second kappa shape index (κ2) is 49.1. The molecular weight excluding hydrogens is 1090 g/mol. The molecule has 0 aromatic carbocycles. The van der Waals surface area contributed by atoms with Crippen molar-refractivity contribution in [1.82, 2.24) is 26.6 Å². The number of esters is 7. The number of nitrogens with one attached hydrogen (secondary N) is 5. The number of carbonyl (C=O) groups excluding carboxylic acids is 12. The van der Waals surface area contributed by atoms with Crippen molar-refractivity contribution in [2.75, 3.05) is 92.2 Å². The first-order valence-electron chi connectivity index (χ1n) is 29.4. The molecule has 0 bridgehead atoms. The molecule has 25 nitrogen and oxygen atoms in total. The Balaban J connectivity index is 7.15. The zero-order valence-corrected chi connectivity index (χ0v) is 50.5. The highest BCUT2D eigenvalue weighted by Gasteiger charge is 2.41. The van der Waals surface area contributed by atoms with E-state index in [0.717, 1.165) is 0 Å². The third kappa shape index (κ3) is 48.8. The minimum absolute atomic E-state index is 0.0183. The molecule has 0 atom stereocenters. The van der Waals surface area contributed by atoms with Gasteiger partial charge >= 0.3 is 41.8 Å². The van der Waals surface area contributed by atoms with E-state index in [4.69, 9.17) is 37.9 Å². The smallest absolute Gasteiger partial charge is 0.305 e. The molecule has 0 saturated carbocycles. The van der Waals surface area contributed by atoms with E-state index in [0.29, 0.717) is 148 Å². The van der Waals surface area contributed by atoms with Crippen LogP contribution in [0.25, 0.3) is 0 Å². The van der Waals surface area contributed by atoms with Gasteiger partial charge in [0.25, 0.3) is 0 Å². The van der Waals surface area contributed by atoms with Crippen molar-refractivity contribution < 1.29 is 95.4 Å². The average molecular weight is 1190 g/mol. The van der Waals surface area contributed by atoms with Gasteiger partial charge in [-0.15, -0.1) is 0 Å². The highest BCUT2D eigenvalue weighted by molar-refractivity contribution is 5.75. The molecule has 0 radical (unpaired) electrons. The maximum atomic E-state index is 13.4. The SMILES string of the molecule is CC(=O)NCCCCCC(=O)OCC(COCC(COC(=O)CCCCCNC(C)=O)(COC(=O)CCCCCNC(C)=O)COC(=O)CCCCCOC(C)=O)(COC(=O)CCCCCNC(C)=O)COC(=O)CCCCCNC(C)=O. The topological polar surface area (TPSA) is 339 Å². The van der Waals surface area contributed by atoms with Crippen molar-refractivity contribution in [3.63, 3.8) is 0 Å². The fraction of sp³-hybridized carbons (Fsp3) is 0.793. The average Bonchev–Trinajstić information content (AvgIpc) is 3.52. The van der Waals surface area contributed by atoms with E-state index in [2.05, 4.69) is 26.6 Å². The molecule has 0 aliphatic heterocycles. The Kier molecular flexibility index (Phi) is 45.3. The predicted molar refractivity (Wildman–Crippen MR) is 302 cm³/mol. The number of ether oxygens (including phenoxy) is 8. The molecule has 0 heterocycles. The second-order valence-electron chi connectivity index (χ2n) is 21.1. The van der Waals surface area contributed by atoms with Gasteiger partial charge in [-0.3, -0.25) is 57.5 Å². The first kappa shape index (κ1) is 76.6. The fourth-order valence-corrected chi connectivity index (χ4v) is 7.76. The van der Waals surface area contributed by atoms with Crippen LogP contribution in [0.5, 0.6) is 0 Å². The van der Waals surface area contributed by atoms with Crippen LogP contribution in [-0.4, -0.2) is 164 Å². The molecule has 83 heavy (non-hydrogen) atoms. The van der Waals surface area contributed by atoms with Crippen molar-refractivity contribution in [2.45, 2.75) is 196 Å². The minimum atomic E-state index is -1.59. The molecule has 0 aliphatic carbocycles.